The zero-order chi connectivity index (χ0) is 21.6. The maximum absolute atomic E-state index is 12.7. The summed E-state index contributed by atoms with van der Waals surface area (Å²) in [6.45, 7) is 0.673. The number of hydrogen-bond acceptors (Lipinski definition) is 5. The van der Waals surface area contributed by atoms with Crippen LogP contribution in [0.3, 0.4) is 0 Å². The molecular formula is C24H20ClN3O3. The SMILES string of the molecule is CN(Cc1nc(-c2ccc(Cl)cc2)no1)C(=O)c1ccc(OCc2ccccc2)cc1. The van der Waals surface area contributed by atoms with Crippen LogP contribution in [0, 0.1) is 0 Å². The number of aromatic nitrogens is 2. The minimum absolute atomic E-state index is 0.152. The lowest BCUT2D eigenvalue weighted by Crippen LogP contribution is -2.26. The molecule has 4 rings (SSSR count). The molecule has 6 nitrogen and oxygen atoms in total. The van der Waals surface area contributed by atoms with Crippen molar-refractivity contribution in [2.45, 2.75) is 13.2 Å². The fourth-order valence-corrected chi connectivity index (χ4v) is 3.09. The Morgan fingerprint density at radius 2 is 1.71 bits per heavy atom. The van der Waals surface area contributed by atoms with Crippen molar-refractivity contribution in [2.24, 2.45) is 0 Å². The predicted molar refractivity (Wildman–Crippen MR) is 118 cm³/mol. The Kier molecular flexibility index (Phi) is 6.29. The van der Waals surface area contributed by atoms with Gasteiger partial charge in [-0.25, -0.2) is 0 Å². The van der Waals surface area contributed by atoms with Crippen molar-refractivity contribution >= 4 is 17.5 Å². The van der Waals surface area contributed by atoms with Gasteiger partial charge >= 0.3 is 0 Å². The standard InChI is InChI=1S/C24H20ClN3O3/c1-28(15-22-26-23(27-31-22)18-7-11-20(25)12-8-18)24(29)19-9-13-21(14-10-19)30-16-17-5-3-2-4-6-17/h2-14H,15-16H2,1H3. The van der Waals surface area contributed by atoms with E-state index >= 15 is 0 Å². The molecule has 0 radical (unpaired) electrons. The van der Waals surface area contributed by atoms with Crippen molar-refractivity contribution in [3.05, 3.63) is 101 Å². The van der Waals surface area contributed by atoms with Crippen LogP contribution in [0.15, 0.2) is 83.4 Å². The molecule has 0 spiro atoms. The highest BCUT2D eigenvalue weighted by Gasteiger charge is 2.16. The van der Waals surface area contributed by atoms with E-state index in [-0.39, 0.29) is 12.5 Å². The van der Waals surface area contributed by atoms with E-state index in [1.54, 1.807) is 43.4 Å². The number of rotatable bonds is 7. The van der Waals surface area contributed by atoms with E-state index in [0.29, 0.717) is 34.7 Å². The highest BCUT2D eigenvalue weighted by Crippen LogP contribution is 2.20. The van der Waals surface area contributed by atoms with E-state index in [2.05, 4.69) is 10.1 Å². The zero-order valence-corrected chi connectivity index (χ0v) is 17.6. The second-order valence-electron chi connectivity index (χ2n) is 6.98. The Morgan fingerprint density at radius 1 is 1.00 bits per heavy atom. The molecule has 156 valence electrons. The number of carbonyl (C=O) groups excluding carboxylic acids is 1. The van der Waals surface area contributed by atoms with E-state index in [4.69, 9.17) is 20.9 Å². The Balaban J connectivity index is 1.35. The zero-order valence-electron chi connectivity index (χ0n) is 16.9. The Hall–Kier alpha value is -3.64. The smallest absolute Gasteiger partial charge is 0.254 e. The normalized spacial score (nSPS) is 10.6. The third-order valence-corrected chi connectivity index (χ3v) is 4.89. The van der Waals surface area contributed by atoms with Gasteiger partial charge in [0.1, 0.15) is 12.4 Å². The largest absolute Gasteiger partial charge is 0.489 e. The van der Waals surface area contributed by atoms with Gasteiger partial charge in [-0.2, -0.15) is 4.98 Å². The second kappa shape index (κ2) is 9.45. The molecule has 0 bridgehead atoms. The van der Waals surface area contributed by atoms with Gasteiger partial charge < -0.3 is 14.2 Å². The molecule has 3 aromatic carbocycles. The first-order chi connectivity index (χ1) is 15.1. The predicted octanol–water partition coefficient (Wildman–Crippen LogP) is 5.24. The number of ether oxygens (including phenoxy) is 1. The van der Waals surface area contributed by atoms with Crippen LogP contribution in [0.4, 0.5) is 0 Å². The molecule has 0 atom stereocenters. The third kappa shape index (κ3) is 5.29. The molecule has 1 heterocycles. The highest BCUT2D eigenvalue weighted by molar-refractivity contribution is 6.30. The van der Waals surface area contributed by atoms with Gasteiger partial charge in [0.2, 0.25) is 11.7 Å². The minimum atomic E-state index is -0.152. The summed E-state index contributed by atoms with van der Waals surface area (Å²) in [5.41, 5.74) is 2.42. The second-order valence-corrected chi connectivity index (χ2v) is 7.41. The molecule has 31 heavy (non-hydrogen) atoms. The summed E-state index contributed by atoms with van der Waals surface area (Å²) < 4.78 is 11.1. The van der Waals surface area contributed by atoms with E-state index in [9.17, 15) is 4.79 Å². The van der Waals surface area contributed by atoms with Gasteiger partial charge in [0.05, 0.1) is 6.54 Å². The van der Waals surface area contributed by atoms with Crippen molar-refractivity contribution in [3.63, 3.8) is 0 Å². The average molecular weight is 434 g/mol. The van der Waals surface area contributed by atoms with E-state index in [1.165, 1.54) is 4.90 Å². The van der Waals surface area contributed by atoms with E-state index in [1.807, 2.05) is 42.5 Å². The first kappa shape index (κ1) is 20.6. The molecule has 0 saturated carbocycles. The van der Waals surface area contributed by atoms with Crippen molar-refractivity contribution < 1.29 is 14.1 Å². The first-order valence-corrected chi connectivity index (χ1v) is 10.1. The van der Waals surface area contributed by atoms with E-state index in [0.717, 1.165) is 11.1 Å². The van der Waals surface area contributed by atoms with Gasteiger partial charge in [-0.05, 0) is 54.1 Å². The number of nitrogens with zero attached hydrogens (tertiary/aromatic N) is 3. The quantitative estimate of drug-likeness (QED) is 0.398. The lowest BCUT2D eigenvalue weighted by atomic mass is 10.2. The van der Waals surface area contributed by atoms with Crippen molar-refractivity contribution in [2.75, 3.05) is 7.05 Å². The molecule has 4 aromatic rings. The van der Waals surface area contributed by atoms with Gasteiger partial charge in [-0.1, -0.05) is 47.1 Å². The highest BCUT2D eigenvalue weighted by atomic mass is 35.5. The third-order valence-electron chi connectivity index (χ3n) is 4.64. The maximum Gasteiger partial charge on any atom is 0.254 e. The van der Waals surface area contributed by atoms with Crippen molar-refractivity contribution in [1.29, 1.82) is 0 Å². The van der Waals surface area contributed by atoms with Crippen LogP contribution in [-0.2, 0) is 13.2 Å². The van der Waals surface area contributed by atoms with Crippen LogP contribution in [0.5, 0.6) is 5.75 Å². The minimum Gasteiger partial charge on any atom is -0.489 e. The van der Waals surface area contributed by atoms with Gasteiger partial charge in [0, 0.05) is 23.2 Å². The van der Waals surface area contributed by atoms with Crippen LogP contribution in [0.1, 0.15) is 21.8 Å². The Bertz CT molecular complexity index is 1140. The molecular weight excluding hydrogens is 414 g/mol. The monoisotopic (exact) mass is 433 g/mol. The maximum atomic E-state index is 12.7. The summed E-state index contributed by atoms with van der Waals surface area (Å²) in [6.07, 6.45) is 0. The van der Waals surface area contributed by atoms with Crippen LogP contribution in [0.25, 0.3) is 11.4 Å². The number of halogens is 1. The topological polar surface area (TPSA) is 68.5 Å². The molecule has 0 aliphatic rings. The summed E-state index contributed by atoms with van der Waals surface area (Å²) >= 11 is 5.91. The molecule has 0 N–H and O–H groups in total. The summed E-state index contributed by atoms with van der Waals surface area (Å²) in [7, 11) is 1.69. The first-order valence-electron chi connectivity index (χ1n) is 9.69. The summed E-state index contributed by atoms with van der Waals surface area (Å²) in [5, 5.41) is 4.61. The summed E-state index contributed by atoms with van der Waals surface area (Å²) in [6, 6.07) is 24.1. The molecule has 1 aromatic heterocycles. The van der Waals surface area contributed by atoms with Gasteiger partial charge in [-0.15, -0.1) is 0 Å². The fraction of sp³-hybridized carbons (Fsp3) is 0.125. The Labute approximate surface area is 185 Å². The van der Waals surface area contributed by atoms with Crippen LogP contribution in [-0.4, -0.2) is 28.0 Å². The lowest BCUT2D eigenvalue weighted by molar-refractivity contribution is 0.0769. The molecule has 0 unspecified atom stereocenters. The van der Waals surface area contributed by atoms with Crippen LogP contribution < -0.4 is 4.74 Å². The summed E-state index contributed by atoms with van der Waals surface area (Å²) in [5.74, 6) is 1.35. The number of benzene rings is 3. The molecule has 1 amide bonds. The molecule has 0 saturated heterocycles. The fourth-order valence-electron chi connectivity index (χ4n) is 2.97. The molecule has 0 fully saturated rings. The number of carbonyl (C=O) groups is 1. The van der Waals surface area contributed by atoms with Gasteiger partial charge in [0.15, 0.2) is 0 Å². The van der Waals surface area contributed by atoms with Crippen LogP contribution >= 0.6 is 11.6 Å². The number of amides is 1. The molecule has 0 aliphatic carbocycles. The van der Waals surface area contributed by atoms with Gasteiger partial charge in [0.25, 0.3) is 5.91 Å². The average Bonchev–Trinajstić information content (AvgIpc) is 3.27. The lowest BCUT2D eigenvalue weighted by Gasteiger charge is -2.15. The van der Waals surface area contributed by atoms with Crippen LogP contribution in [0.2, 0.25) is 5.02 Å². The van der Waals surface area contributed by atoms with Crippen molar-refractivity contribution in [3.8, 4) is 17.1 Å². The summed E-state index contributed by atoms with van der Waals surface area (Å²) in [4.78, 5) is 18.6. The van der Waals surface area contributed by atoms with Crippen molar-refractivity contribution in [1.82, 2.24) is 15.0 Å². The molecule has 7 heteroatoms. The Morgan fingerprint density at radius 3 is 2.42 bits per heavy atom. The molecule has 0 aliphatic heterocycles. The van der Waals surface area contributed by atoms with E-state index < -0.39 is 0 Å². The van der Waals surface area contributed by atoms with Gasteiger partial charge in [-0.3, -0.25) is 4.79 Å². The number of hydrogen-bond donors (Lipinski definition) is 0.